The maximum absolute atomic E-state index is 12.1. The molecule has 0 spiro atoms. The Labute approximate surface area is 121 Å². The number of benzene rings is 1. The molecule has 4 nitrogen and oxygen atoms in total. The van der Waals surface area contributed by atoms with Crippen molar-refractivity contribution in [2.45, 2.75) is 39.6 Å². The first kappa shape index (κ1) is 17.3. The zero-order valence-corrected chi connectivity index (χ0v) is 12.1. The number of anilines is 1. The maximum Gasteiger partial charge on any atom is 0.573 e. The van der Waals surface area contributed by atoms with Crippen LogP contribution in [0.3, 0.4) is 0 Å². The van der Waals surface area contributed by atoms with Gasteiger partial charge in [-0.2, -0.15) is 0 Å². The molecule has 1 aromatic carbocycles. The van der Waals surface area contributed by atoms with E-state index in [9.17, 15) is 18.0 Å². The van der Waals surface area contributed by atoms with Crippen LogP contribution in [0.1, 0.15) is 27.2 Å². The van der Waals surface area contributed by atoms with E-state index in [0.717, 1.165) is 12.1 Å². The number of carbonyl (C=O) groups excluding carboxylic acids is 1. The van der Waals surface area contributed by atoms with Crippen LogP contribution in [-0.2, 0) is 4.79 Å². The molecule has 1 atom stereocenters. The summed E-state index contributed by atoms with van der Waals surface area (Å²) >= 11 is 0. The average molecular weight is 304 g/mol. The summed E-state index contributed by atoms with van der Waals surface area (Å²) in [6.45, 7) is 5.72. The number of halogens is 3. The lowest BCUT2D eigenvalue weighted by atomic mass is 9.85. The molecule has 0 heterocycles. The average Bonchev–Trinajstić information content (AvgIpc) is 2.25. The van der Waals surface area contributed by atoms with Gasteiger partial charge in [-0.25, -0.2) is 0 Å². The van der Waals surface area contributed by atoms with Crippen molar-refractivity contribution in [2.24, 2.45) is 11.1 Å². The number of rotatable bonds is 4. The van der Waals surface area contributed by atoms with Crippen molar-refractivity contribution in [1.29, 1.82) is 0 Å². The molecule has 1 aromatic rings. The molecule has 0 aliphatic rings. The highest BCUT2D eigenvalue weighted by molar-refractivity contribution is 5.91. The summed E-state index contributed by atoms with van der Waals surface area (Å²) in [7, 11) is 0. The Morgan fingerprint density at radius 1 is 1.33 bits per heavy atom. The fourth-order valence-electron chi connectivity index (χ4n) is 1.49. The highest BCUT2D eigenvalue weighted by Gasteiger charge is 2.31. The van der Waals surface area contributed by atoms with E-state index in [1.165, 1.54) is 12.1 Å². The summed E-state index contributed by atoms with van der Waals surface area (Å²) in [5, 5.41) is 2.50. The second-order valence-corrected chi connectivity index (χ2v) is 5.80. The quantitative estimate of drug-likeness (QED) is 0.897. The van der Waals surface area contributed by atoms with Crippen LogP contribution >= 0.6 is 0 Å². The van der Waals surface area contributed by atoms with Gasteiger partial charge in [0.05, 0.1) is 0 Å². The van der Waals surface area contributed by atoms with E-state index in [2.05, 4.69) is 10.1 Å². The minimum absolute atomic E-state index is 0.0772. The third kappa shape index (κ3) is 6.48. The highest BCUT2D eigenvalue weighted by atomic mass is 19.4. The molecule has 0 aliphatic carbocycles. The molecule has 118 valence electrons. The van der Waals surface area contributed by atoms with Crippen LogP contribution in [0.5, 0.6) is 5.75 Å². The minimum atomic E-state index is -4.77. The van der Waals surface area contributed by atoms with E-state index < -0.39 is 6.36 Å². The number of hydrogen-bond acceptors (Lipinski definition) is 3. The Hall–Kier alpha value is -1.76. The van der Waals surface area contributed by atoms with Crippen molar-refractivity contribution >= 4 is 11.6 Å². The molecule has 1 amide bonds. The van der Waals surface area contributed by atoms with E-state index in [0.29, 0.717) is 0 Å². The summed E-state index contributed by atoms with van der Waals surface area (Å²) in [6.07, 6.45) is -4.69. The summed E-state index contributed by atoms with van der Waals surface area (Å²) in [5.74, 6) is -0.748. The molecule has 0 saturated carbocycles. The monoisotopic (exact) mass is 304 g/mol. The number of hydrogen-bond donors (Lipinski definition) is 2. The van der Waals surface area contributed by atoms with Crippen LogP contribution in [0.4, 0.5) is 18.9 Å². The smallest absolute Gasteiger partial charge is 0.406 e. The molecule has 0 aromatic heterocycles. The number of alkyl halides is 3. The van der Waals surface area contributed by atoms with Crippen LogP contribution in [0, 0.1) is 5.41 Å². The van der Waals surface area contributed by atoms with Crippen molar-refractivity contribution in [3.05, 3.63) is 24.3 Å². The number of nitrogens with two attached hydrogens (primary N) is 1. The molecule has 1 unspecified atom stereocenters. The lowest BCUT2D eigenvalue weighted by molar-refractivity contribution is -0.274. The van der Waals surface area contributed by atoms with Gasteiger partial charge in [0.15, 0.2) is 0 Å². The van der Waals surface area contributed by atoms with Gasteiger partial charge in [0, 0.05) is 24.2 Å². The van der Waals surface area contributed by atoms with Crippen molar-refractivity contribution in [1.82, 2.24) is 0 Å². The minimum Gasteiger partial charge on any atom is -0.406 e. The molecule has 0 radical (unpaired) electrons. The number of nitrogens with one attached hydrogen (secondary N) is 1. The first-order valence-electron chi connectivity index (χ1n) is 6.38. The third-order valence-electron chi connectivity index (χ3n) is 2.87. The van der Waals surface area contributed by atoms with Gasteiger partial charge in [0.2, 0.25) is 5.91 Å². The summed E-state index contributed by atoms with van der Waals surface area (Å²) in [5.41, 5.74) is 5.87. The van der Waals surface area contributed by atoms with Gasteiger partial charge in [-0.15, -0.1) is 13.2 Å². The second kappa shape index (κ2) is 6.34. The Morgan fingerprint density at radius 3 is 2.48 bits per heavy atom. The zero-order valence-electron chi connectivity index (χ0n) is 12.1. The van der Waals surface area contributed by atoms with Gasteiger partial charge in [0.25, 0.3) is 0 Å². The molecular formula is C14H19F3N2O2. The largest absolute Gasteiger partial charge is 0.573 e. The van der Waals surface area contributed by atoms with Crippen LogP contribution in [0.25, 0.3) is 0 Å². The fraction of sp³-hybridized carbons (Fsp3) is 0.500. The zero-order chi connectivity index (χ0) is 16.3. The van der Waals surface area contributed by atoms with Crippen LogP contribution in [0.15, 0.2) is 24.3 Å². The van der Waals surface area contributed by atoms with E-state index >= 15 is 0 Å². The van der Waals surface area contributed by atoms with Gasteiger partial charge >= 0.3 is 6.36 Å². The van der Waals surface area contributed by atoms with Gasteiger partial charge in [0.1, 0.15) is 5.75 Å². The predicted octanol–water partition coefficient (Wildman–Crippen LogP) is 3.29. The number of ether oxygens (including phenoxy) is 1. The SMILES string of the molecule is CC(C)(C)C(N)CC(=O)Nc1cccc(OC(F)(F)F)c1. The predicted molar refractivity (Wildman–Crippen MR) is 73.8 cm³/mol. The van der Waals surface area contributed by atoms with Gasteiger partial charge in [-0.1, -0.05) is 26.8 Å². The van der Waals surface area contributed by atoms with Crippen molar-refractivity contribution < 1.29 is 22.7 Å². The molecule has 0 saturated heterocycles. The Balaban J connectivity index is 2.67. The Morgan fingerprint density at radius 2 is 1.95 bits per heavy atom. The summed E-state index contributed by atoms with van der Waals surface area (Å²) in [4.78, 5) is 11.8. The summed E-state index contributed by atoms with van der Waals surface area (Å²) < 4.78 is 40.1. The lowest BCUT2D eigenvalue weighted by Gasteiger charge is -2.26. The third-order valence-corrected chi connectivity index (χ3v) is 2.87. The number of amides is 1. The van der Waals surface area contributed by atoms with Crippen molar-refractivity contribution in [2.75, 3.05) is 5.32 Å². The molecule has 0 fully saturated rings. The van der Waals surface area contributed by atoms with Gasteiger partial charge < -0.3 is 15.8 Å². The van der Waals surface area contributed by atoms with Crippen molar-refractivity contribution in [3.8, 4) is 5.75 Å². The Kier molecular flexibility index (Phi) is 5.22. The van der Waals surface area contributed by atoms with Gasteiger partial charge in [-0.05, 0) is 17.5 Å². The van der Waals surface area contributed by atoms with Crippen molar-refractivity contribution in [3.63, 3.8) is 0 Å². The van der Waals surface area contributed by atoms with Gasteiger partial charge in [-0.3, -0.25) is 4.79 Å². The molecule has 21 heavy (non-hydrogen) atoms. The van der Waals surface area contributed by atoms with E-state index in [1.54, 1.807) is 0 Å². The lowest BCUT2D eigenvalue weighted by Crippen LogP contribution is -2.38. The first-order valence-corrected chi connectivity index (χ1v) is 6.38. The van der Waals surface area contributed by atoms with Crippen LogP contribution in [0.2, 0.25) is 0 Å². The first-order chi connectivity index (χ1) is 9.47. The van der Waals surface area contributed by atoms with Crippen LogP contribution < -0.4 is 15.8 Å². The maximum atomic E-state index is 12.1. The van der Waals surface area contributed by atoms with E-state index in [4.69, 9.17) is 5.73 Å². The fourth-order valence-corrected chi connectivity index (χ4v) is 1.49. The van der Waals surface area contributed by atoms with Crippen LogP contribution in [-0.4, -0.2) is 18.3 Å². The van der Waals surface area contributed by atoms with E-state index in [-0.39, 0.29) is 35.2 Å². The standard InChI is InChI=1S/C14H19F3N2O2/c1-13(2,3)11(18)8-12(20)19-9-5-4-6-10(7-9)21-14(15,16)17/h4-7,11H,8,18H2,1-3H3,(H,19,20). The normalized spacial score (nSPS) is 13.7. The molecule has 7 heteroatoms. The van der Waals surface area contributed by atoms with E-state index in [1.807, 2.05) is 20.8 Å². The molecular weight excluding hydrogens is 285 g/mol. The second-order valence-electron chi connectivity index (χ2n) is 5.80. The number of carbonyl (C=O) groups is 1. The molecule has 1 rings (SSSR count). The summed E-state index contributed by atoms with van der Waals surface area (Å²) in [6, 6.07) is 4.74. The molecule has 0 bridgehead atoms. The molecule has 0 aliphatic heterocycles. The highest BCUT2D eigenvalue weighted by Crippen LogP contribution is 2.25. The topological polar surface area (TPSA) is 64.4 Å². The molecule has 3 N–H and O–H groups in total. The Bertz CT molecular complexity index is 496.